The Morgan fingerprint density at radius 1 is 1.30 bits per heavy atom. The molecule has 0 bridgehead atoms. The lowest BCUT2D eigenvalue weighted by Crippen LogP contribution is -2.45. The van der Waals surface area contributed by atoms with Gasteiger partial charge in [-0.1, -0.05) is 20.8 Å². The smallest absolute Gasteiger partial charge is 0.243 e. The van der Waals surface area contributed by atoms with Crippen LogP contribution in [0.25, 0.3) is 11.3 Å². The van der Waals surface area contributed by atoms with E-state index in [9.17, 15) is 4.79 Å². The molecule has 0 spiro atoms. The van der Waals surface area contributed by atoms with Gasteiger partial charge in [-0.25, -0.2) is 4.98 Å². The van der Waals surface area contributed by atoms with Gasteiger partial charge in [0.05, 0.1) is 18.8 Å². The number of nitrogens with two attached hydrogens (primary N) is 1. The van der Waals surface area contributed by atoms with E-state index in [1.54, 1.807) is 7.11 Å². The molecular formula is C17H23N3O2S. The van der Waals surface area contributed by atoms with Crippen LogP contribution in [0.2, 0.25) is 0 Å². The van der Waals surface area contributed by atoms with Crippen LogP contribution in [-0.4, -0.2) is 24.0 Å². The van der Waals surface area contributed by atoms with Gasteiger partial charge in [-0.2, -0.15) is 0 Å². The fraction of sp³-hybridized carbons (Fsp3) is 0.412. The van der Waals surface area contributed by atoms with Gasteiger partial charge in [0.15, 0.2) is 5.13 Å². The standard InChI is InChI=1S/C17H23N3O2S/c1-10-13(11-6-8-12(22-5)9-7-11)19-16(23-10)20-15(21)14(18)17(2,3)4/h6-9,14H,18H2,1-5H3,(H,19,20,21)/t14-/m1/s1. The highest BCUT2D eigenvalue weighted by Crippen LogP contribution is 2.31. The molecule has 0 saturated heterocycles. The first-order chi connectivity index (χ1) is 10.7. The van der Waals surface area contributed by atoms with Crippen molar-refractivity contribution >= 4 is 22.4 Å². The van der Waals surface area contributed by atoms with Crippen LogP contribution in [0.3, 0.4) is 0 Å². The largest absolute Gasteiger partial charge is 0.497 e. The second-order valence-corrected chi connectivity index (χ2v) is 7.69. The maximum Gasteiger partial charge on any atom is 0.243 e. The first-order valence-electron chi connectivity index (χ1n) is 7.40. The van der Waals surface area contributed by atoms with Crippen molar-refractivity contribution in [2.24, 2.45) is 11.1 Å². The number of thiazole rings is 1. The third-order valence-corrected chi connectivity index (χ3v) is 4.49. The zero-order valence-electron chi connectivity index (χ0n) is 14.1. The maximum atomic E-state index is 12.2. The number of carbonyl (C=O) groups is 1. The van der Waals surface area contributed by atoms with E-state index in [0.717, 1.165) is 21.9 Å². The first kappa shape index (κ1) is 17.4. The van der Waals surface area contributed by atoms with E-state index in [0.29, 0.717) is 5.13 Å². The predicted octanol–water partition coefficient (Wildman–Crippen LogP) is 3.44. The highest BCUT2D eigenvalue weighted by Gasteiger charge is 2.28. The van der Waals surface area contributed by atoms with Crippen molar-refractivity contribution in [3.63, 3.8) is 0 Å². The fourth-order valence-corrected chi connectivity index (χ4v) is 2.88. The van der Waals surface area contributed by atoms with Gasteiger partial charge in [0.1, 0.15) is 5.75 Å². The molecule has 0 aliphatic rings. The molecular weight excluding hydrogens is 310 g/mol. The number of hydrogen-bond donors (Lipinski definition) is 2. The van der Waals surface area contributed by atoms with E-state index in [1.807, 2.05) is 52.0 Å². The minimum absolute atomic E-state index is 0.215. The highest BCUT2D eigenvalue weighted by molar-refractivity contribution is 7.16. The molecule has 0 saturated carbocycles. The molecule has 1 aromatic carbocycles. The van der Waals surface area contributed by atoms with Gasteiger partial charge in [0, 0.05) is 10.4 Å². The predicted molar refractivity (Wildman–Crippen MR) is 94.9 cm³/mol. The molecule has 0 radical (unpaired) electrons. The summed E-state index contributed by atoms with van der Waals surface area (Å²) in [5.74, 6) is 0.582. The van der Waals surface area contributed by atoms with Gasteiger partial charge in [-0.05, 0) is 36.6 Å². The van der Waals surface area contributed by atoms with E-state index in [1.165, 1.54) is 11.3 Å². The number of ether oxygens (including phenoxy) is 1. The topological polar surface area (TPSA) is 77.2 Å². The summed E-state index contributed by atoms with van der Waals surface area (Å²) in [5.41, 5.74) is 7.53. The zero-order valence-corrected chi connectivity index (χ0v) is 15.0. The van der Waals surface area contributed by atoms with Crippen molar-refractivity contribution in [3.05, 3.63) is 29.1 Å². The number of carbonyl (C=O) groups excluding carboxylic acids is 1. The number of hydrogen-bond acceptors (Lipinski definition) is 5. The summed E-state index contributed by atoms with van der Waals surface area (Å²) in [6.07, 6.45) is 0. The van der Waals surface area contributed by atoms with Crippen LogP contribution in [0.4, 0.5) is 5.13 Å². The van der Waals surface area contributed by atoms with Crippen LogP contribution in [0.5, 0.6) is 5.75 Å². The quantitative estimate of drug-likeness (QED) is 0.898. The molecule has 1 amide bonds. The molecule has 0 unspecified atom stereocenters. The molecule has 0 fully saturated rings. The SMILES string of the molecule is COc1ccc(-c2nc(NC(=O)[C@@H](N)C(C)(C)C)sc2C)cc1. The molecule has 1 heterocycles. The Labute approximate surface area is 140 Å². The summed E-state index contributed by atoms with van der Waals surface area (Å²) in [6.45, 7) is 7.80. The number of methoxy groups -OCH3 is 1. The molecule has 1 atom stereocenters. The number of aryl methyl sites for hydroxylation is 1. The van der Waals surface area contributed by atoms with Crippen LogP contribution in [0.1, 0.15) is 25.6 Å². The van der Waals surface area contributed by atoms with E-state index < -0.39 is 6.04 Å². The first-order valence-corrected chi connectivity index (χ1v) is 8.22. The van der Waals surface area contributed by atoms with Crippen molar-refractivity contribution < 1.29 is 9.53 Å². The average Bonchev–Trinajstić information content (AvgIpc) is 2.86. The summed E-state index contributed by atoms with van der Waals surface area (Å²) < 4.78 is 5.16. The average molecular weight is 333 g/mol. The second kappa shape index (κ2) is 6.68. The molecule has 0 aliphatic heterocycles. The lowest BCUT2D eigenvalue weighted by atomic mass is 9.87. The lowest BCUT2D eigenvalue weighted by Gasteiger charge is -2.25. The fourth-order valence-electron chi connectivity index (χ4n) is 2.04. The number of nitrogens with zero attached hydrogens (tertiary/aromatic N) is 1. The van der Waals surface area contributed by atoms with Gasteiger partial charge in [0.2, 0.25) is 5.91 Å². The molecule has 23 heavy (non-hydrogen) atoms. The molecule has 2 aromatic rings. The van der Waals surface area contributed by atoms with Crippen molar-refractivity contribution in [1.82, 2.24) is 4.98 Å². The van der Waals surface area contributed by atoms with Crippen molar-refractivity contribution in [1.29, 1.82) is 0 Å². The second-order valence-electron chi connectivity index (χ2n) is 6.49. The maximum absolute atomic E-state index is 12.2. The Morgan fingerprint density at radius 3 is 2.43 bits per heavy atom. The minimum atomic E-state index is -0.587. The number of anilines is 1. The van der Waals surface area contributed by atoms with Gasteiger partial charge in [-0.15, -0.1) is 11.3 Å². The molecule has 0 aliphatic carbocycles. The van der Waals surface area contributed by atoms with Crippen LogP contribution in [0, 0.1) is 12.3 Å². The van der Waals surface area contributed by atoms with Crippen LogP contribution in [-0.2, 0) is 4.79 Å². The van der Waals surface area contributed by atoms with E-state index in [-0.39, 0.29) is 11.3 Å². The monoisotopic (exact) mass is 333 g/mol. The third kappa shape index (κ3) is 4.09. The molecule has 3 N–H and O–H groups in total. The van der Waals surface area contributed by atoms with Gasteiger partial charge < -0.3 is 15.8 Å². The number of benzene rings is 1. The molecule has 124 valence electrons. The van der Waals surface area contributed by atoms with Crippen molar-refractivity contribution in [2.45, 2.75) is 33.7 Å². The number of nitrogens with one attached hydrogen (secondary N) is 1. The minimum Gasteiger partial charge on any atom is -0.497 e. The van der Waals surface area contributed by atoms with Crippen LogP contribution >= 0.6 is 11.3 Å². The summed E-state index contributed by atoms with van der Waals surface area (Å²) in [4.78, 5) is 17.8. The summed E-state index contributed by atoms with van der Waals surface area (Å²) in [7, 11) is 1.63. The van der Waals surface area contributed by atoms with Crippen molar-refractivity contribution in [2.75, 3.05) is 12.4 Å². The number of aromatic nitrogens is 1. The van der Waals surface area contributed by atoms with Crippen LogP contribution < -0.4 is 15.8 Å². The summed E-state index contributed by atoms with van der Waals surface area (Å²) in [6, 6.07) is 7.10. The number of amides is 1. The highest BCUT2D eigenvalue weighted by atomic mass is 32.1. The Hall–Kier alpha value is -1.92. The summed E-state index contributed by atoms with van der Waals surface area (Å²) >= 11 is 1.45. The Morgan fingerprint density at radius 2 is 1.91 bits per heavy atom. The zero-order chi connectivity index (χ0) is 17.2. The van der Waals surface area contributed by atoms with E-state index >= 15 is 0 Å². The van der Waals surface area contributed by atoms with Gasteiger partial charge in [0.25, 0.3) is 0 Å². The van der Waals surface area contributed by atoms with Crippen molar-refractivity contribution in [3.8, 4) is 17.0 Å². The van der Waals surface area contributed by atoms with Crippen LogP contribution in [0.15, 0.2) is 24.3 Å². The molecule has 6 heteroatoms. The number of rotatable bonds is 4. The van der Waals surface area contributed by atoms with Gasteiger partial charge in [-0.3, -0.25) is 4.79 Å². The Balaban J connectivity index is 2.19. The Kier molecular flexibility index (Phi) is 5.06. The molecule has 2 rings (SSSR count). The third-order valence-electron chi connectivity index (χ3n) is 3.61. The Bertz CT molecular complexity index is 687. The van der Waals surface area contributed by atoms with Gasteiger partial charge >= 0.3 is 0 Å². The normalized spacial score (nSPS) is 12.8. The molecule has 5 nitrogen and oxygen atoms in total. The molecule has 1 aromatic heterocycles. The summed E-state index contributed by atoms with van der Waals surface area (Å²) in [5, 5.41) is 3.39. The van der Waals surface area contributed by atoms with E-state index in [4.69, 9.17) is 10.5 Å². The van der Waals surface area contributed by atoms with E-state index in [2.05, 4.69) is 10.3 Å². The lowest BCUT2D eigenvalue weighted by molar-refractivity contribution is -0.119.